The van der Waals surface area contributed by atoms with Crippen molar-refractivity contribution >= 4 is 17.8 Å². The Morgan fingerprint density at radius 1 is 1.30 bits per heavy atom. The largest absolute Gasteiger partial charge is 0.548 e. The topological polar surface area (TPSA) is 77.5 Å². The number of carboxylic acids is 1. The van der Waals surface area contributed by atoms with Crippen LogP contribution in [0.5, 0.6) is 0 Å². The van der Waals surface area contributed by atoms with E-state index in [1.54, 1.807) is 13.8 Å². The summed E-state index contributed by atoms with van der Waals surface area (Å²) in [5.74, 6) is -2.71. The first-order valence-electron chi connectivity index (χ1n) is 7.14. The highest BCUT2D eigenvalue weighted by atomic mass is 16.4. The third-order valence-corrected chi connectivity index (χ3v) is 5.60. The van der Waals surface area contributed by atoms with Crippen LogP contribution in [0.4, 0.5) is 0 Å². The first-order chi connectivity index (χ1) is 9.05. The van der Waals surface area contributed by atoms with Crippen molar-refractivity contribution < 1.29 is 19.5 Å². The van der Waals surface area contributed by atoms with Gasteiger partial charge in [-0.25, -0.2) is 0 Å². The van der Waals surface area contributed by atoms with E-state index in [1.807, 2.05) is 20.8 Å². The van der Waals surface area contributed by atoms with Crippen LogP contribution in [0.3, 0.4) is 0 Å². The van der Waals surface area contributed by atoms with E-state index < -0.39 is 22.8 Å². The van der Waals surface area contributed by atoms with Gasteiger partial charge in [0.05, 0.1) is 17.4 Å². The predicted octanol–water partition coefficient (Wildman–Crippen LogP) is 0.572. The van der Waals surface area contributed by atoms with Crippen LogP contribution in [0.1, 0.15) is 47.5 Å². The number of hydrogen-bond donors (Lipinski definition) is 0. The van der Waals surface area contributed by atoms with Crippen molar-refractivity contribution in [2.75, 3.05) is 0 Å². The molecule has 0 spiro atoms. The predicted molar refractivity (Wildman–Crippen MR) is 70.1 cm³/mol. The maximum absolute atomic E-state index is 12.8. The van der Waals surface area contributed by atoms with Crippen LogP contribution >= 0.6 is 0 Å². The number of aliphatic carboxylic acids is 1. The van der Waals surface area contributed by atoms with Crippen LogP contribution < -0.4 is 5.11 Å². The zero-order valence-corrected chi connectivity index (χ0v) is 12.7. The Labute approximate surface area is 119 Å². The molecule has 0 aromatic heterocycles. The molecule has 1 saturated carbocycles. The fraction of sp³-hybridized carbons (Fsp3) is 0.800. The number of piperidine rings is 1. The number of nitrogens with zero attached hydrogens (tertiary/aromatic N) is 1. The lowest BCUT2D eigenvalue weighted by molar-refractivity contribution is -0.313. The summed E-state index contributed by atoms with van der Waals surface area (Å²) in [6.07, 6.45) is 1.27. The summed E-state index contributed by atoms with van der Waals surface area (Å²) in [4.78, 5) is 37.8. The lowest BCUT2D eigenvalue weighted by atomic mass is 9.62. The summed E-state index contributed by atoms with van der Waals surface area (Å²) >= 11 is 0. The minimum atomic E-state index is -1.36. The van der Waals surface area contributed by atoms with E-state index in [4.69, 9.17) is 0 Å². The molecule has 0 unspecified atom stereocenters. The van der Waals surface area contributed by atoms with Crippen molar-refractivity contribution in [1.29, 1.82) is 0 Å². The number of carboxylic acid groups (broad SMARTS) is 1. The highest BCUT2D eigenvalue weighted by molar-refractivity contribution is 6.06. The maximum atomic E-state index is 12.8. The molecule has 2 bridgehead atoms. The van der Waals surface area contributed by atoms with Crippen molar-refractivity contribution in [3.05, 3.63) is 0 Å². The van der Waals surface area contributed by atoms with Crippen molar-refractivity contribution in [3.8, 4) is 0 Å². The molecule has 5 heteroatoms. The summed E-state index contributed by atoms with van der Waals surface area (Å²) in [5.41, 5.74) is -1.10. The lowest BCUT2D eigenvalue weighted by Gasteiger charge is -2.50. The first kappa shape index (κ1) is 15.0. The molecule has 5 nitrogen and oxygen atoms in total. The van der Waals surface area contributed by atoms with Crippen LogP contribution in [0.15, 0.2) is 0 Å². The zero-order valence-electron chi connectivity index (χ0n) is 12.7. The molecule has 2 rings (SSSR count). The Bertz CT molecular complexity index is 482. The molecule has 2 amide bonds. The summed E-state index contributed by atoms with van der Waals surface area (Å²) < 4.78 is 0. The minimum absolute atomic E-state index is 0.286. The second-order valence-corrected chi connectivity index (χ2v) is 7.17. The summed E-state index contributed by atoms with van der Waals surface area (Å²) in [5, 5.41) is 11.4. The van der Waals surface area contributed by atoms with Crippen molar-refractivity contribution in [1.82, 2.24) is 4.90 Å². The number of amides is 2. The number of imide groups is 1. The Balaban J connectivity index is 2.51. The molecule has 20 heavy (non-hydrogen) atoms. The number of carbonyl (C=O) groups is 3. The fourth-order valence-corrected chi connectivity index (χ4v) is 3.79. The third-order valence-electron chi connectivity index (χ3n) is 5.60. The Morgan fingerprint density at radius 3 is 2.30 bits per heavy atom. The Morgan fingerprint density at radius 2 is 1.85 bits per heavy atom. The van der Waals surface area contributed by atoms with Crippen LogP contribution in [0.2, 0.25) is 0 Å². The number of likely N-dealkylation sites (tertiary alicyclic amines) is 1. The molecule has 1 aliphatic carbocycles. The van der Waals surface area contributed by atoms with E-state index in [0.717, 1.165) is 4.90 Å². The summed E-state index contributed by atoms with van der Waals surface area (Å²) in [6, 6.07) is -1.17. The maximum Gasteiger partial charge on any atom is 0.236 e. The van der Waals surface area contributed by atoms with Gasteiger partial charge in [-0.15, -0.1) is 0 Å². The van der Waals surface area contributed by atoms with E-state index in [-0.39, 0.29) is 23.7 Å². The first-order valence-corrected chi connectivity index (χ1v) is 7.14. The van der Waals surface area contributed by atoms with Crippen LogP contribution in [-0.4, -0.2) is 28.7 Å². The molecule has 1 aliphatic heterocycles. The van der Waals surface area contributed by atoms with Gasteiger partial charge >= 0.3 is 0 Å². The van der Waals surface area contributed by atoms with Crippen molar-refractivity contribution in [2.45, 2.75) is 53.5 Å². The Kier molecular flexibility index (Phi) is 3.23. The van der Waals surface area contributed by atoms with Gasteiger partial charge in [0.1, 0.15) is 0 Å². The van der Waals surface area contributed by atoms with Crippen LogP contribution in [0.25, 0.3) is 0 Å². The molecule has 112 valence electrons. The van der Waals surface area contributed by atoms with E-state index >= 15 is 0 Å². The van der Waals surface area contributed by atoms with Gasteiger partial charge in [0.15, 0.2) is 0 Å². The molecule has 2 aliphatic rings. The van der Waals surface area contributed by atoms with Gasteiger partial charge in [-0.2, -0.15) is 0 Å². The SMILES string of the molecule is CC(C)[C@@H](C(=O)[O-])N1C(=O)[C@@H]2CC[C@@](C)(C1=O)C2(C)C. The average molecular weight is 280 g/mol. The average Bonchev–Trinajstić information content (AvgIpc) is 2.49. The molecule has 0 aromatic rings. The van der Waals surface area contributed by atoms with E-state index in [2.05, 4.69) is 0 Å². The van der Waals surface area contributed by atoms with E-state index in [0.29, 0.717) is 12.8 Å². The molecule has 3 atom stereocenters. The zero-order chi connectivity index (χ0) is 15.5. The third kappa shape index (κ3) is 1.64. The second kappa shape index (κ2) is 4.30. The van der Waals surface area contributed by atoms with Gasteiger partial charge in [0.25, 0.3) is 0 Å². The number of fused-ring (bicyclic) bond motifs is 2. The van der Waals surface area contributed by atoms with Gasteiger partial charge in [0, 0.05) is 5.92 Å². The summed E-state index contributed by atoms with van der Waals surface area (Å²) in [6.45, 7) is 9.08. The number of hydrogen-bond acceptors (Lipinski definition) is 4. The quantitative estimate of drug-likeness (QED) is 0.708. The fourth-order valence-electron chi connectivity index (χ4n) is 3.79. The van der Waals surface area contributed by atoms with Gasteiger partial charge < -0.3 is 9.90 Å². The number of carbonyl (C=O) groups excluding carboxylic acids is 3. The highest BCUT2D eigenvalue weighted by Gasteiger charge is 2.65. The highest BCUT2D eigenvalue weighted by Crippen LogP contribution is 2.60. The lowest BCUT2D eigenvalue weighted by Crippen LogP contribution is -2.65. The van der Waals surface area contributed by atoms with E-state index in [1.165, 1.54) is 0 Å². The molecule has 1 saturated heterocycles. The molecular formula is C15H22NO4-. The molecule has 0 radical (unpaired) electrons. The molecule has 0 aromatic carbocycles. The van der Waals surface area contributed by atoms with Crippen LogP contribution in [-0.2, 0) is 14.4 Å². The molecular weight excluding hydrogens is 258 g/mol. The molecule has 2 fully saturated rings. The van der Waals surface area contributed by atoms with Gasteiger partial charge in [-0.05, 0) is 24.2 Å². The monoisotopic (exact) mass is 280 g/mol. The van der Waals surface area contributed by atoms with Crippen molar-refractivity contribution in [3.63, 3.8) is 0 Å². The normalized spacial score (nSPS) is 33.7. The minimum Gasteiger partial charge on any atom is -0.548 e. The van der Waals surface area contributed by atoms with Gasteiger partial charge in [-0.1, -0.05) is 34.6 Å². The van der Waals surface area contributed by atoms with Gasteiger partial charge in [0.2, 0.25) is 11.8 Å². The number of rotatable bonds is 3. The second-order valence-electron chi connectivity index (χ2n) is 7.17. The summed E-state index contributed by atoms with van der Waals surface area (Å²) in [7, 11) is 0. The standard InChI is InChI=1S/C15H23NO4/c1-8(2)10(12(18)19)16-11(17)9-6-7-15(5,13(16)20)14(9,3)4/h8-10H,6-7H2,1-5H3,(H,18,19)/p-1/t9-,10-,15-/m0/s1. The molecule has 0 N–H and O–H groups in total. The van der Waals surface area contributed by atoms with Crippen LogP contribution in [0, 0.1) is 22.7 Å². The Hall–Kier alpha value is -1.39. The van der Waals surface area contributed by atoms with Gasteiger partial charge in [-0.3, -0.25) is 14.5 Å². The van der Waals surface area contributed by atoms with E-state index in [9.17, 15) is 19.5 Å². The molecule has 1 heterocycles. The smallest absolute Gasteiger partial charge is 0.236 e. The van der Waals surface area contributed by atoms with Crippen molar-refractivity contribution in [2.24, 2.45) is 22.7 Å².